The maximum absolute atomic E-state index is 5.40. The molecule has 0 aromatic carbocycles. The molecule has 13 heavy (non-hydrogen) atoms. The number of nitrogens with two attached hydrogens (primary N) is 2. The Morgan fingerprint density at radius 1 is 0.615 bits per heavy atom. The zero-order valence-corrected chi connectivity index (χ0v) is 8.73. The molecule has 0 aromatic rings. The second kappa shape index (κ2) is 11.9. The molecule has 0 radical (unpaired) electrons. The Kier molecular flexibility index (Phi) is 11.8. The summed E-state index contributed by atoms with van der Waals surface area (Å²) < 4.78 is 0. The predicted octanol–water partition coefficient (Wildman–Crippen LogP) is 0.834. The minimum absolute atomic E-state index is 0.818. The summed E-state index contributed by atoms with van der Waals surface area (Å²) in [6.45, 7) is 3.92. The molecule has 80 valence electrons. The van der Waals surface area contributed by atoms with Gasteiger partial charge in [-0.1, -0.05) is 12.8 Å². The Morgan fingerprint density at radius 3 is 1.69 bits per heavy atom. The van der Waals surface area contributed by atoms with Crippen LogP contribution >= 0.6 is 0 Å². The molecule has 5 N–H and O–H groups in total. The highest BCUT2D eigenvalue weighted by Crippen LogP contribution is 1.96. The lowest BCUT2D eigenvalue weighted by atomic mass is 10.2. The Balaban J connectivity index is 2.76. The molecule has 0 saturated carbocycles. The number of hydrogen-bond donors (Lipinski definition) is 3. The average Bonchev–Trinajstić information content (AvgIpc) is 2.16. The van der Waals surface area contributed by atoms with Crippen LogP contribution in [-0.2, 0) is 0 Å². The molecular formula is C10H25N3. The molecule has 0 saturated heterocycles. The lowest BCUT2D eigenvalue weighted by Crippen LogP contribution is -2.17. The highest BCUT2D eigenvalue weighted by molar-refractivity contribution is 4.50. The number of rotatable bonds is 10. The molecule has 0 amide bonds. The van der Waals surface area contributed by atoms with E-state index in [-0.39, 0.29) is 0 Å². The topological polar surface area (TPSA) is 64.1 Å². The Labute approximate surface area is 82.3 Å². The van der Waals surface area contributed by atoms with E-state index in [2.05, 4.69) is 5.32 Å². The van der Waals surface area contributed by atoms with Gasteiger partial charge in [0.2, 0.25) is 0 Å². The van der Waals surface area contributed by atoms with Crippen LogP contribution in [0, 0.1) is 0 Å². The minimum Gasteiger partial charge on any atom is -0.330 e. The Bertz CT molecular complexity index is 76.2. The zero-order chi connectivity index (χ0) is 9.78. The second-order valence-electron chi connectivity index (χ2n) is 3.45. The van der Waals surface area contributed by atoms with E-state index in [0.29, 0.717) is 0 Å². The highest BCUT2D eigenvalue weighted by Gasteiger charge is 1.89. The maximum Gasteiger partial charge on any atom is -0.00484 e. The van der Waals surface area contributed by atoms with Crippen LogP contribution in [0.15, 0.2) is 0 Å². The van der Waals surface area contributed by atoms with Crippen molar-refractivity contribution >= 4 is 0 Å². The number of hydrogen-bond acceptors (Lipinski definition) is 3. The van der Waals surface area contributed by atoms with Gasteiger partial charge in [0.15, 0.2) is 0 Å². The standard InChI is InChI=1S/C10H25N3/c11-7-3-1-2-5-9-13-10-6-4-8-12/h13H,1-12H2. The van der Waals surface area contributed by atoms with Gasteiger partial charge in [0.25, 0.3) is 0 Å². The molecule has 0 aromatic heterocycles. The molecule has 0 heterocycles. The average molecular weight is 187 g/mol. The van der Waals surface area contributed by atoms with Crippen molar-refractivity contribution in [1.82, 2.24) is 5.32 Å². The van der Waals surface area contributed by atoms with Gasteiger partial charge < -0.3 is 16.8 Å². The molecule has 0 aliphatic rings. The maximum atomic E-state index is 5.40. The summed E-state index contributed by atoms with van der Waals surface area (Å²) in [6.07, 6.45) is 7.39. The SMILES string of the molecule is NCCCCCCNCCCCN. The van der Waals surface area contributed by atoms with E-state index in [1.54, 1.807) is 0 Å². The summed E-state index contributed by atoms with van der Waals surface area (Å²) in [5.41, 5.74) is 10.8. The smallest absolute Gasteiger partial charge is 0.00484 e. The lowest BCUT2D eigenvalue weighted by molar-refractivity contribution is 0.572. The molecule has 0 unspecified atom stereocenters. The normalized spacial score (nSPS) is 10.6. The third kappa shape index (κ3) is 11.9. The van der Waals surface area contributed by atoms with Gasteiger partial charge in [-0.25, -0.2) is 0 Å². The van der Waals surface area contributed by atoms with Gasteiger partial charge >= 0.3 is 0 Å². The molecule has 0 fully saturated rings. The molecule has 0 bridgehead atoms. The Morgan fingerprint density at radius 2 is 1.08 bits per heavy atom. The van der Waals surface area contributed by atoms with Crippen molar-refractivity contribution in [2.45, 2.75) is 38.5 Å². The van der Waals surface area contributed by atoms with Gasteiger partial charge in [-0.15, -0.1) is 0 Å². The van der Waals surface area contributed by atoms with E-state index in [1.807, 2.05) is 0 Å². The van der Waals surface area contributed by atoms with E-state index in [1.165, 1.54) is 32.1 Å². The first-order chi connectivity index (χ1) is 6.41. The molecule has 0 spiro atoms. The van der Waals surface area contributed by atoms with Crippen LogP contribution in [0.1, 0.15) is 38.5 Å². The van der Waals surface area contributed by atoms with Crippen LogP contribution < -0.4 is 16.8 Å². The highest BCUT2D eigenvalue weighted by atomic mass is 14.8. The molecule has 3 heteroatoms. The quantitative estimate of drug-likeness (QED) is 0.444. The van der Waals surface area contributed by atoms with E-state index >= 15 is 0 Å². The fourth-order valence-corrected chi connectivity index (χ4v) is 1.27. The lowest BCUT2D eigenvalue weighted by Gasteiger charge is -2.03. The van der Waals surface area contributed by atoms with Crippen molar-refractivity contribution < 1.29 is 0 Å². The summed E-state index contributed by atoms with van der Waals surface area (Å²) in [7, 11) is 0. The summed E-state index contributed by atoms with van der Waals surface area (Å²) in [5, 5.41) is 3.41. The van der Waals surface area contributed by atoms with Crippen molar-refractivity contribution in [2.24, 2.45) is 11.5 Å². The van der Waals surface area contributed by atoms with E-state index in [0.717, 1.165) is 32.6 Å². The monoisotopic (exact) mass is 187 g/mol. The molecule has 0 rings (SSSR count). The van der Waals surface area contributed by atoms with Crippen molar-refractivity contribution in [3.63, 3.8) is 0 Å². The Hall–Kier alpha value is -0.120. The third-order valence-electron chi connectivity index (χ3n) is 2.12. The van der Waals surface area contributed by atoms with Gasteiger partial charge in [-0.3, -0.25) is 0 Å². The van der Waals surface area contributed by atoms with Crippen LogP contribution in [-0.4, -0.2) is 26.2 Å². The van der Waals surface area contributed by atoms with E-state index < -0.39 is 0 Å². The second-order valence-corrected chi connectivity index (χ2v) is 3.45. The van der Waals surface area contributed by atoms with Crippen molar-refractivity contribution in [1.29, 1.82) is 0 Å². The number of unbranched alkanes of at least 4 members (excludes halogenated alkanes) is 4. The molecule has 0 aliphatic carbocycles. The van der Waals surface area contributed by atoms with Crippen molar-refractivity contribution in [2.75, 3.05) is 26.2 Å². The van der Waals surface area contributed by atoms with Crippen LogP contribution in [0.2, 0.25) is 0 Å². The zero-order valence-electron chi connectivity index (χ0n) is 8.73. The molecule has 0 atom stereocenters. The fraction of sp³-hybridized carbons (Fsp3) is 1.00. The molecule has 3 nitrogen and oxygen atoms in total. The summed E-state index contributed by atoms with van der Waals surface area (Å²) >= 11 is 0. The van der Waals surface area contributed by atoms with Gasteiger partial charge in [-0.2, -0.15) is 0 Å². The van der Waals surface area contributed by atoms with Gasteiger partial charge in [0.1, 0.15) is 0 Å². The summed E-state index contributed by atoms with van der Waals surface area (Å²) in [6, 6.07) is 0. The van der Waals surface area contributed by atoms with Crippen LogP contribution in [0.3, 0.4) is 0 Å². The first-order valence-corrected chi connectivity index (χ1v) is 5.52. The van der Waals surface area contributed by atoms with Crippen molar-refractivity contribution in [3.8, 4) is 0 Å². The number of nitrogens with one attached hydrogen (secondary N) is 1. The minimum atomic E-state index is 0.818. The third-order valence-corrected chi connectivity index (χ3v) is 2.12. The largest absolute Gasteiger partial charge is 0.330 e. The van der Waals surface area contributed by atoms with Crippen LogP contribution in [0.25, 0.3) is 0 Å². The van der Waals surface area contributed by atoms with Crippen LogP contribution in [0.5, 0.6) is 0 Å². The van der Waals surface area contributed by atoms with Gasteiger partial charge in [0, 0.05) is 0 Å². The fourth-order valence-electron chi connectivity index (χ4n) is 1.27. The molecular weight excluding hydrogens is 162 g/mol. The van der Waals surface area contributed by atoms with E-state index in [4.69, 9.17) is 11.5 Å². The molecule has 0 aliphatic heterocycles. The summed E-state index contributed by atoms with van der Waals surface area (Å²) in [4.78, 5) is 0. The first-order valence-electron chi connectivity index (χ1n) is 5.52. The predicted molar refractivity (Wildman–Crippen MR) is 58.7 cm³/mol. The van der Waals surface area contributed by atoms with Crippen LogP contribution in [0.4, 0.5) is 0 Å². The first kappa shape index (κ1) is 12.9. The van der Waals surface area contributed by atoms with Gasteiger partial charge in [-0.05, 0) is 51.9 Å². The van der Waals surface area contributed by atoms with Gasteiger partial charge in [0.05, 0.1) is 0 Å². The van der Waals surface area contributed by atoms with E-state index in [9.17, 15) is 0 Å². The summed E-state index contributed by atoms with van der Waals surface area (Å²) in [5.74, 6) is 0. The van der Waals surface area contributed by atoms with Crippen molar-refractivity contribution in [3.05, 3.63) is 0 Å².